The average Bonchev–Trinajstić information content (AvgIpc) is 2.80. The van der Waals surface area contributed by atoms with E-state index >= 15 is 0 Å². The summed E-state index contributed by atoms with van der Waals surface area (Å²) < 4.78 is 10.0. The van der Waals surface area contributed by atoms with Gasteiger partial charge < -0.3 is 15.0 Å². The van der Waals surface area contributed by atoms with Crippen molar-refractivity contribution in [3.63, 3.8) is 0 Å². The third kappa shape index (κ3) is 2.50. The molecule has 2 aromatic rings. The summed E-state index contributed by atoms with van der Waals surface area (Å²) in [6.45, 7) is 0.670. The van der Waals surface area contributed by atoms with E-state index in [1.54, 1.807) is 12.1 Å². The smallest absolute Gasteiger partial charge is 0.213 e. The van der Waals surface area contributed by atoms with Crippen molar-refractivity contribution in [3.8, 4) is 5.75 Å². The summed E-state index contributed by atoms with van der Waals surface area (Å²) in [6, 6.07) is 5.40. The van der Waals surface area contributed by atoms with Gasteiger partial charge in [-0.3, -0.25) is 0 Å². The number of rotatable bonds is 4. The molecule has 0 fully saturated rings. The molecule has 0 aliphatic rings. The summed E-state index contributed by atoms with van der Waals surface area (Å²) in [4.78, 5) is 3.83. The van der Waals surface area contributed by atoms with Gasteiger partial charge in [0.1, 0.15) is 5.75 Å². The van der Waals surface area contributed by atoms with Gasteiger partial charge in [-0.15, -0.1) is 0 Å². The van der Waals surface area contributed by atoms with Gasteiger partial charge >= 0.3 is 0 Å². The second-order valence-corrected chi connectivity index (χ2v) is 3.51. The van der Waals surface area contributed by atoms with Gasteiger partial charge in [0.25, 0.3) is 0 Å². The minimum absolute atomic E-state index is 0.220. The molecule has 0 aliphatic heterocycles. The Kier molecular flexibility index (Phi) is 3.38. The number of nitrogens with two attached hydrogens (primary N) is 1. The van der Waals surface area contributed by atoms with E-state index in [2.05, 4.69) is 14.7 Å². The van der Waals surface area contributed by atoms with Crippen LogP contribution in [0.3, 0.4) is 0 Å². The summed E-state index contributed by atoms with van der Waals surface area (Å²) in [7, 11) is 0. The Balaban J connectivity index is 2.04. The quantitative estimate of drug-likeness (QED) is 0.880. The van der Waals surface area contributed by atoms with E-state index in [4.69, 9.17) is 22.1 Å². The van der Waals surface area contributed by atoms with Crippen LogP contribution in [-0.4, -0.2) is 10.1 Å². The summed E-state index contributed by atoms with van der Waals surface area (Å²) in [5.41, 5.74) is 6.44. The number of hydrogen-bond donors (Lipinski definition) is 1. The average molecular weight is 240 g/mol. The molecular formula is C10H10ClN3O2. The van der Waals surface area contributed by atoms with E-state index in [1.807, 2.05) is 6.07 Å². The van der Waals surface area contributed by atoms with Crippen molar-refractivity contribution < 1.29 is 9.26 Å². The van der Waals surface area contributed by atoms with Crippen LogP contribution in [-0.2, 0) is 13.2 Å². The van der Waals surface area contributed by atoms with Crippen LogP contribution < -0.4 is 10.5 Å². The summed E-state index contributed by atoms with van der Waals surface area (Å²) in [5, 5.41) is 4.14. The van der Waals surface area contributed by atoms with E-state index < -0.39 is 0 Å². The number of hydrogen-bond acceptors (Lipinski definition) is 5. The number of aromatic nitrogens is 2. The molecular weight excluding hydrogens is 230 g/mol. The minimum Gasteiger partial charge on any atom is -0.484 e. The van der Waals surface area contributed by atoms with Gasteiger partial charge in [-0.1, -0.05) is 22.8 Å². The Morgan fingerprint density at radius 3 is 2.94 bits per heavy atom. The predicted molar refractivity (Wildman–Crippen MR) is 58.0 cm³/mol. The number of halogens is 1. The second kappa shape index (κ2) is 4.96. The Morgan fingerprint density at radius 1 is 1.44 bits per heavy atom. The second-order valence-electron chi connectivity index (χ2n) is 3.11. The number of nitrogens with zero attached hydrogens (tertiary/aromatic N) is 2. The fourth-order valence-electron chi connectivity index (χ4n) is 1.19. The zero-order chi connectivity index (χ0) is 11.4. The Bertz CT molecular complexity index is 459. The molecule has 0 aliphatic carbocycles. The Morgan fingerprint density at radius 2 is 2.31 bits per heavy atom. The highest BCUT2D eigenvalue weighted by Crippen LogP contribution is 2.25. The molecule has 0 atom stereocenters. The first-order chi connectivity index (χ1) is 7.79. The van der Waals surface area contributed by atoms with Crippen LogP contribution in [0.2, 0.25) is 5.02 Å². The lowest BCUT2D eigenvalue weighted by Crippen LogP contribution is -1.99. The van der Waals surface area contributed by atoms with Crippen LogP contribution in [0.15, 0.2) is 29.1 Å². The topological polar surface area (TPSA) is 74.2 Å². The normalized spacial score (nSPS) is 10.4. The van der Waals surface area contributed by atoms with Crippen LogP contribution in [0, 0.1) is 0 Å². The van der Waals surface area contributed by atoms with E-state index in [1.165, 1.54) is 6.39 Å². The third-order valence-corrected chi connectivity index (χ3v) is 2.29. The standard InChI is InChI=1S/C10H10ClN3O2/c11-8-3-7(4-12)1-2-9(8)15-5-10-13-6-16-14-10/h1-3,6H,4-5,12H2. The maximum Gasteiger partial charge on any atom is 0.213 e. The first-order valence-corrected chi connectivity index (χ1v) is 5.04. The largest absolute Gasteiger partial charge is 0.484 e. The monoisotopic (exact) mass is 239 g/mol. The fourth-order valence-corrected chi connectivity index (χ4v) is 1.44. The van der Waals surface area contributed by atoms with E-state index in [0.29, 0.717) is 23.1 Å². The van der Waals surface area contributed by atoms with Gasteiger partial charge in [-0.2, -0.15) is 4.98 Å². The van der Waals surface area contributed by atoms with Crippen molar-refractivity contribution in [1.82, 2.24) is 10.1 Å². The molecule has 1 aromatic heterocycles. The van der Waals surface area contributed by atoms with Crippen LogP contribution in [0.5, 0.6) is 5.75 Å². The maximum absolute atomic E-state index is 6.00. The molecule has 16 heavy (non-hydrogen) atoms. The summed E-state index contributed by atoms with van der Waals surface area (Å²) >= 11 is 6.00. The van der Waals surface area contributed by atoms with Crippen LogP contribution in [0.25, 0.3) is 0 Å². The van der Waals surface area contributed by atoms with Crippen LogP contribution >= 0.6 is 11.6 Å². The van der Waals surface area contributed by atoms with Crippen LogP contribution in [0.4, 0.5) is 0 Å². The summed E-state index contributed by atoms with van der Waals surface area (Å²) in [6.07, 6.45) is 1.25. The fraction of sp³-hybridized carbons (Fsp3) is 0.200. The molecule has 84 valence electrons. The third-order valence-electron chi connectivity index (χ3n) is 2.00. The van der Waals surface area contributed by atoms with Gasteiger partial charge in [0.15, 0.2) is 6.61 Å². The first-order valence-electron chi connectivity index (χ1n) is 4.66. The van der Waals surface area contributed by atoms with Crippen molar-refractivity contribution in [3.05, 3.63) is 41.0 Å². The molecule has 2 N–H and O–H groups in total. The maximum atomic E-state index is 6.00. The van der Waals surface area contributed by atoms with Gasteiger partial charge in [0, 0.05) is 6.54 Å². The van der Waals surface area contributed by atoms with E-state index in [0.717, 1.165) is 5.56 Å². The number of benzene rings is 1. The molecule has 0 amide bonds. The van der Waals surface area contributed by atoms with Gasteiger partial charge in [0.2, 0.25) is 12.2 Å². The van der Waals surface area contributed by atoms with Crippen molar-refractivity contribution in [2.24, 2.45) is 5.73 Å². The zero-order valence-electron chi connectivity index (χ0n) is 8.39. The molecule has 1 aromatic carbocycles. The molecule has 0 spiro atoms. The first kappa shape index (κ1) is 10.9. The molecule has 0 radical (unpaired) electrons. The lowest BCUT2D eigenvalue weighted by molar-refractivity contribution is 0.286. The molecule has 2 rings (SSSR count). The van der Waals surface area contributed by atoms with Gasteiger partial charge in [-0.05, 0) is 17.7 Å². The molecule has 0 saturated heterocycles. The highest BCUT2D eigenvalue weighted by molar-refractivity contribution is 6.32. The van der Waals surface area contributed by atoms with Crippen molar-refractivity contribution >= 4 is 11.6 Å². The number of ether oxygens (including phenoxy) is 1. The lowest BCUT2D eigenvalue weighted by Gasteiger charge is -2.06. The Hall–Kier alpha value is -1.59. The van der Waals surface area contributed by atoms with Crippen molar-refractivity contribution in [1.29, 1.82) is 0 Å². The molecule has 0 bridgehead atoms. The minimum atomic E-state index is 0.220. The molecule has 0 saturated carbocycles. The molecule has 0 unspecified atom stereocenters. The SMILES string of the molecule is NCc1ccc(OCc2ncon2)c(Cl)c1. The van der Waals surface area contributed by atoms with Gasteiger partial charge in [-0.25, -0.2) is 0 Å². The zero-order valence-corrected chi connectivity index (χ0v) is 9.15. The van der Waals surface area contributed by atoms with Crippen LogP contribution in [0.1, 0.15) is 11.4 Å². The van der Waals surface area contributed by atoms with Gasteiger partial charge in [0.05, 0.1) is 5.02 Å². The highest BCUT2D eigenvalue weighted by Gasteiger charge is 2.04. The molecule has 1 heterocycles. The lowest BCUT2D eigenvalue weighted by atomic mass is 10.2. The van der Waals surface area contributed by atoms with Crippen molar-refractivity contribution in [2.75, 3.05) is 0 Å². The highest BCUT2D eigenvalue weighted by atomic mass is 35.5. The predicted octanol–water partition coefficient (Wildman–Crippen LogP) is 1.76. The molecule has 6 heteroatoms. The van der Waals surface area contributed by atoms with E-state index in [-0.39, 0.29) is 6.61 Å². The van der Waals surface area contributed by atoms with Crippen molar-refractivity contribution in [2.45, 2.75) is 13.2 Å². The summed E-state index contributed by atoms with van der Waals surface area (Å²) in [5.74, 6) is 1.04. The van der Waals surface area contributed by atoms with E-state index in [9.17, 15) is 0 Å². The Labute approximate surface area is 97.2 Å². The molecule has 5 nitrogen and oxygen atoms in total.